The third-order valence-corrected chi connectivity index (χ3v) is 4.37. The minimum Gasteiger partial charge on any atom is -0.352 e. The first-order chi connectivity index (χ1) is 9.51. The molecule has 112 valence electrons. The molecule has 0 aliphatic heterocycles. The first kappa shape index (κ1) is 15.1. The predicted octanol–water partition coefficient (Wildman–Crippen LogP) is 2.25. The Kier molecular flexibility index (Phi) is 4.86. The molecule has 0 spiro atoms. The molecule has 1 heterocycles. The first-order valence-electron chi connectivity index (χ1n) is 7.66. The van der Waals surface area contributed by atoms with E-state index >= 15 is 0 Å². The lowest BCUT2D eigenvalue weighted by atomic mass is 9.91. The molecule has 2 rings (SSSR count). The topological polar surface area (TPSA) is 46.1 Å². The van der Waals surface area contributed by atoms with E-state index in [1.54, 1.807) is 0 Å². The third-order valence-electron chi connectivity index (χ3n) is 4.37. The highest BCUT2D eigenvalue weighted by Gasteiger charge is 2.21. The van der Waals surface area contributed by atoms with Gasteiger partial charge in [0.15, 0.2) is 0 Å². The molecule has 1 amide bonds. The van der Waals surface area contributed by atoms with Crippen molar-refractivity contribution in [1.82, 2.24) is 15.2 Å². The van der Waals surface area contributed by atoms with E-state index in [-0.39, 0.29) is 11.9 Å². The molecule has 0 bridgehead atoms. The van der Waals surface area contributed by atoms with Gasteiger partial charge in [-0.1, -0.05) is 13.8 Å². The second-order valence-corrected chi connectivity index (χ2v) is 6.24. The molecule has 1 aliphatic carbocycles. The van der Waals surface area contributed by atoms with Gasteiger partial charge in [0, 0.05) is 24.5 Å². The lowest BCUT2D eigenvalue weighted by Gasteiger charge is -2.21. The number of rotatable bonds is 5. The SMILES string of the molecule is CNC1CCCc2cn(CC(=O)NC(C)C(C)C)cc21. The van der Waals surface area contributed by atoms with Crippen LogP contribution in [0.1, 0.15) is 50.8 Å². The summed E-state index contributed by atoms with van der Waals surface area (Å²) in [6.45, 7) is 6.72. The van der Waals surface area contributed by atoms with Gasteiger partial charge in [0.2, 0.25) is 5.91 Å². The summed E-state index contributed by atoms with van der Waals surface area (Å²) in [6.07, 6.45) is 7.81. The normalized spacial score (nSPS) is 19.8. The van der Waals surface area contributed by atoms with Crippen LogP contribution in [0.5, 0.6) is 0 Å². The van der Waals surface area contributed by atoms with Crippen LogP contribution in [-0.4, -0.2) is 23.6 Å². The van der Waals surface area contributed by atoms with Gasteiger partial charge in [-0.2, -0.15) is 0 Å². The Bertz CT molecular complexity index is 464. The average molecular weight is 277 g/mol. The monoisotopic (exact) mass is 277 g/mol. The van der Waals surface area contributed by atoms with Crippen LogP contribution in [0.15, 0.2) is 12.4 Å². The summed E-state index contributed by atoms with van der Waals surface area (Å²) in [5, 5.41) is 6.42. The molecule has 1 aliphatic rings. The zero-order chi connectivity index (χ0) is 14.7. The van der Waals surface area contributed by atoms with Crippen molar-refractivity contribution in [3.8, 4) is 0 Å². The maximum absolute atomic E-state index is 12.0. The predicted molar refractivity (Wildman–Crippen MR) is 81.6 cm³/mol. The minimum absolute atomic E-state index is 0.0968. The lowest BCUT2D eigenvalue weighted by Crippen LogP contribution is -2.37. The molecule has 20 heavy (non-hydrogen) atoms. The summed E-state index contributed by atoms with van der Waals surface area (Å²) >= 11 is 0. The number of aryl methyl sites for hydroxylation is 1. The maximum atomic E-state index is 12.0. The van der Waals surface area contributed by atoms with E-state index < -0.39 is 0 Å². The molecule has 0 saturated heterocycles. The molecule has 1 aromatic heterocycles. The minimum atomic E-state index is 0.0968. The summed E-state index contributed by atoms with van der Waals surface area (Å²) in [5.74, 6) is 0.560. The summed E-state index contributed by atoms with van der Waals surface area (Å²) in [4.78, 5) is 12.0. The van der Waals surface area contributed by atoms with Crippen molar-refractivity contribution in [3.63, 3.8) is 0 Å². The number of carbonyl (C=O) groups excluding carboxylic acids is 1. The Morgan fingerprint density at radius 1 is 1.40 bits per heavy atom. The molecule has 4 heteroatoms. The number of nitrogens with one attached hydrogen (secondary N) is 2. The van der Waals surface area contributed by atoms with Crippen molar-refractivity contribution >= 4 is 5.91 Å². The Morgan fingerprint density at radius 2 is 2.15 bits per heavy atom. The summed E-state index contributed by atoms with van der Waals surface area (Å²) in [6, 6.07) is 0.662. The number of hydrogen-bond acceptors (Lipinski definition) is 2. The molecule has 1 aromatic rings. The molecule has 2 N–H and O–H groups in total. The molecule has 0 radical (unpaired) electrons. The highest BCUT2D eigenvalue weighted by molar-refractivity contribution is 5.76. The van der Waals surface area contributed by atoms with E-state index in [0.29, 0.717) is 18.5 Å². The van der Waals surface area contributed by atoms with Crippen LogP contribution in [0, 0.1) is 5.92 Å². The van der Waals surface area contributed by atoms with Crippen LogP contribution < -0.4 is 10.6 Å². The van der Waals surface area contributed by atoms with E-state index in [9.17, 15) is 4.79 Å². The fraction of sp³-hybridized carbons (Fsp3) is 0.688. The summed E-state index contributed by atoms with van der Waals surface area (Å²) in [7, 11) is 2.01. The van der Waals surface area contributed by atoms with E-state index in [1.165, 1.54) is 24.0 Å². The van der Waals surface area contributed by atoms with Crippen molar-refractivity contribution in [1.29, 1.82) is 0 Å². The van der Waals surface area contributed by atoms with Crippen molar-refractivity contribution in [2.24, 2.45) is 5.92 Å². The number of fused-ring (bicyclic) bond motifs is 1. The van der Waals surface area contributed by atoms with E-state index in [0.717, 1.165) is 6.42 Å². The van der Waals surface area contributed by atoms with Gasteiger partial charge >= 0.3 is 0 Å². The number of hydrogen-bond donors (Lipinski definition) is 2. The number of nitrogens with zero attached hydrogens (tertiary/aromatic N) is 1. The van der Waals surface area contributed by atoms with Crippen LogP contribution >= 0.6 is 0 Å². The Hall–Kier alpha value is -1.29. The molecule has 2 atom stereocenters. The molecular weight excluding hydrogens is 250 g/mol. The third kappa shape index (κ3) is 3.42. The molecule has 0 fully saturated rings. The standard InChI is InChI=1S/C16H27N3O/c1-11(2)12(3)18-16(20)10-19-8-13-6-5-7-15(17-4)14(13)9-19/h8-9,11-12,15,17H,5-7,10H2,1-4H3,(H,18,20). The van der Waals surface area contributed by atoms with E-state index in [2.05, 4.69) is 43.8 Å². The van der Waals surface area contributed by atoms with Crippen LogP contribution in [0.25, 0.3) is 0 Å². The number of aromatic nitrogens is 1. The average Bonchev–Trinajstić information content (AvgIpc) is 2.80. The highest BCUT2D eigenvalue weighted by Crippen LogP contribution is 2.30. The van der Waals surface area contributed by atoms with Gasteiger partial charge in [0.1, 0.15) is 6.54 Å². The quantitative estimate of drug-likeness (QED) is 0.867. The van der Waals surface area contributed by atoms with Crippen molar-refractivity contribution in [3.05, 3.63) is 23.5 Å². The van der Waals surface area contributed by atoms with E-state index in [4.69, 9.17) is 0 Å². The van der Waals surface area contributed by atoms with Gasteiger partial charge in [0.25, 0.3) is 0 Å². The Labute approximate surface area is 121 Å². The fourth-order valence-corrected chi connectivity index (χ4v) is 2.77. The van der Waals surface area contributed by atoms with Crippen LogP contribution in [0.3, 0.4) is 0 Å². The lowest BCUT2D eigenvalue weighted by molar-refractivity contribution is -0.122. The summed E-state index contributed by atoms with van der Waals surface area (Å²) < 4.78 is 2.03. The molecule has 4 nitrogen and oxygen atoms in total. The van der Waals surface area contributed by atoms with Gasteiger partial charge in [-0.05, 0) is 50.3 Å². The summed E-state index contributed by atoms with van der Waals surface area (Å²) in [5.41, 5.74) is 2.75. The second kappa shape index (κ2) is 6.44. The molecule has 0 saturated carbocycles. The van der Waals surface area contributed by atoms with Crippen LogP contribution in [-0.2, 0) is 17.8 Å². The van der Waals surface area contributed by atoms with Crippen LogP contribution in [0.4, 0.5) is 0 Å². The molecule has 0 aromatic carbocycles. The molecule has 2 unspecified atom stereocenters. The Morgan fingerprint density at radius 3 is 2.80 bits per heavy atom. The largest absolute Gasteiger partial charge is 0.352 e. The maximum Gasteiger partial charge on any atom is 0.240 e. The smallest absolute Gasteiger partial charge is 0.240 e. The number of amides is 1. The van der Waals surface area contributed by atoms with Gasteiger partial charge < -0.3 is 15.2 Å². The fourth-order valence-electron chi connectivity index (χ4n) is 2.77. The van der Waals surface area contributed by atoms with Gasteiger partial charge in [-0.3, -0.25) is 4.79 Å². The van der Waals surface area contributed by atoms with Gasteiger partial charge in [-0.25, -0.2) is 0 Å². The van der Waals surface area contributed by atoms with Gasteiger partial charge in [-0.15, -0.1) is 0 Å². The second-order valence-electron chi connectivity index (χ2n) is 6.24. The number of carbonyl (C=O) groups is 1. The van der Waals surface area contributed by atoms with E-state index in [1.807, 2.05) is 11.6 Å². The first-order valence-corrected chi connectivity index (χ1v) is 7.66. The zero-order valence-electron chi connectivity index (χ0n) is 13.1. The van der Waals surface area contributed by atoms with Crippen molar-refractivity contribution in [2.45, 2.75) is 58.7 Å². The van der Waals surface area contributed by atoms with Crippen molar-refractivity contribution < 1.29 is 4.79 Å². The van der Waals surface area contributed by atoms with Crippen LogP contribution in [0.2, 0.25) is 0 Å². The van der Waals surface area contributed by atoms with Crippen molar-refractivity contribution in [2.75, 3.05) is 7.05 Å². The highest BCUT2D eigenvalue weighted by atomic mass is 16.2. The zero-order valence-corrected chi connectivity index (χ0v) is 13.1. The van der Waals surface area contributed by atoms with Gasteiger partial charge in [0.05, 0.1) is 0 Å². The molecular formula is C16H27N3O. The Balaban J connectivity index is 2.00.